The van der Waals surface area contributed by atoms with E-state index in [1.807, 2.05) is 13.8 Å². The van der Waals surface area contributed by atoms with Gasteiger partial charge >= 0.3 is 6.18 Å². The Morgan fingerprint density at radius 2 is 1.75 bits per heavy atom. The van der Waals surface area contributed by atoms with Crippen molar-refractivity contribution in [2.75, 3.05) is 5.01 Å². The summed E-state index contributed by atoms with van der Waals surface area (Å²) in [5.74, 6) is 1.17. The highest BCUT2D eigenvalue weighted by Gasteiger charge is 2.41. The molecule has 4 N–H and O–H groups in total. The largest absolute Gasteiger partial charge is 0.432 e. The molecule has 13 heteroatoms. The van der Waals surface area contributed by atoms with Crippen LogP contribution in [0.2, 0.25) is 0 Å². The van der Waals surface area contributed by atoms with Crippen LogP contribution in [0.4, 0.5) is 32.0 Å². The number of anilines is 1. The quantitative estimate of drug-likeness (QED) is 0.179. The second kappa shape index (κ2) is 10.9. The molecule has 2 heterocycles. The molecular weight excluding hydrogens is 538 g/mol. The molecule has 1 aromatic heterocycles. The lowest BCUT2D eigenvalue weighted by molar-refractivity contribution is -0.0929. The van der Waals surface area contributed by atoms with E-state index in [-0.39, 0.29) is 23.2 Å². The summed E-state index contributed by atoms with van der Waals surface area (Å²) < 4.78 is 82.3. The molecule has 0 spiro atoms. The molecule has 4 rings (SSSR count). The Labute approximate surface area is 226 Å². The zero-order chi connectivity index (χ0) is 29.5. The number of aromatic nitrogens is 2. The van der Waals surface area contributed by atoms with Gasteiger partial charge in [0.15, 0.2) is 17.5 Å². The standard InChI is InChI=1S/C27H28F6N6O/c1-4-15-12-17-24(36-37(3)25(17)14-10-18(28)23(30)19(29)11-14)20(5-2)39(15)26(40)16-8-6-7-9-21(16)38(35)13-22(34)27(31,32)33/h6-11,13,15,20H,4-5,12,34-35H2,1-3H3/b22-13-. The average Bonchev–Trinajstić information content (AvgIpc) is 3.24. The van der Waals surface area contributed by atoms with E-state index in [1.54, 1.807) is 18.0 Å². The van der Waals surface area contributed by atoms with Gasteiger partial charge < -0.3 is 10.6 Å². The number of nitrogens with two attached hydrogens (primary N) is 2. The van der Waals surface area contributed by atoms with Gasteiger partial charge in [0.1, 0.15) is 5.70 Å². The molecule has 3 aromatic rings. The van der Waals surface area contributed by atoms with Gasteiger partial charge in [0.2, 0.25) is 0 Å². The molecule has 7 nitrogen and oxygen atoms in total. The summed E-state index contributed by atoms with van der Waals surface area (Å²) in [6, 6.07) is 6.78. The summed E-state index contributed by atoms with van der Waals surface area (Å²) in [7, 11) is 1.59. The van der Waals surface area contributed by atoms with Crippen molar-refractivity contribution >= 4 is 11.6 Å². The number of benzene rings is 2. The number of halogens is 6. The number of aryl methyl sites for hydroxylation is 1. The van der Waals surface area contributed by atoms with Crippen LogP contribution in [0.3, 0.4) is 0 Å². The maximum Gasteiger partial charge on any atom is 0.432 e. The van der Waals surface area contributed by atoms with Crippen molar-refractivity contribution in [3.63, 3.8) is 0 Å². The molecule has 214 valence electrons. The molecule has 2 unspecified atom stereocenters. The van der Waals surface area contributed by atoms with E-state index in [4.69, 9.17) is 11.6 Å². The SMILES string of the molecule is CCC1Cc2c(nn(C)c2-c2cc(F)c(F)c(F)c2)C(CC)N1C(=O)c1ccccc1N(N)/C=C(\N)C(F)(F)F. The van der Waals surface area contributed by atoms with Crippen LogP contribution in [0.1, 0.15) is 54.3 Å². The van der Waals surface area contributed by atoms with Crippen molar-refractivity contribution in [1.82, 2.24) is 14.7 Å². The Morgan fingerprint density at radius 3 is 2.33 bits per heavy atom. The fourth-order valence-corrected chi connectivity index (χ4v) is 5.18. The van der Waals surface area contributed by atoms with E-state index in [0.29, 0.717) is 41.0 Å². The van der Waals surface area contributed by atoms with Gasteiger partial charge in [-0.2, -0.15) is 18.3 Å². The normalized spacial score (nSPS) is 17.6. The summed E-state index contributed by atoms with van der Waals surface area (Å²) in [6.45, 7) is 3.70. The van der Waals surface area contributed by atoms with Gasteiger partial charge in [0, 0.05) is 30.4 Å². The first-order valence-electron chi connectivity index (χ1n) is 12.5. The number of hydrogen-bond acceptors (Lipinski definition) is 5. The molecular formula is C27H28F6N6O. The van der Waals surface area contributed by atoms with Crippen molar-refractivity contribution in [2.24, 2.45) is 18.6 Å². The number of rotatable bonds is 6. The van der Waals surface area contributed by atoms with E-state index in [9.17, 15) is 31.1 Å². The number of alkyl halides is 3. The minimum Gasteiger partial charge on any atom is -0.393 e. The third kappa shape index (κ3) is 5.12. The fourth-order valence-electron chi connectivity index (χ4n) is 5.18. The first kappa shape index (κ1) is 29.0. The molecule has 0 saturated carbocycles. The minimum absolute atomic E-state index is 0.00850. The van der Waals surface area contributed by atoms with E-state index in [0.717, 1.165) is 12.1 Å². The van der Waals surface area contributed by atoms with Gasteiger partial charge in [-0.3, -0.25) is 14.5 Å². The zero-order valence-electron chi connectivity index (χ0n) is 21.9. The average molecular weight is 567 g/mol. The number of allylic oxidation sites excluding steroid dienone is 1. The lowest BCUT2D eigenvalue weighted by Gasteiger charge is -2.41. The van der Waals surface area contributed by atoms with Crippen LogP contribution in [-0.2, 0) is 13.5 Å². The second-order valence-electron chi connectivity index (χ2n) is 9.50. The summed E-state index contributed by atoms with van der Waals surface area (Å²) in [5.41, 5.74) is 5.44. The Kier molecular flexibility index (Phi) is 7.88. The third-order valence-corrected chi connectivity index (χ3v) is 7.03. The molecule has 1 aliphatic heterocycles. The van der Waals surface area contributed by atoms with Gasteiger partial charge in [-0.15, -0.1) is 0 Å². The molecule has 0 radical (unpaired) electrons. The molecule has 0 saturated heterocycles. The summed E-state index contributed by atoms with van der Waals surface area (Å²) in [6.07, 6.45) is -3.15. The zero-order valence-corrected chi connectivity index (χ0v) is 21.9. The third-order valence-electron chi connectivity index (χ3n) is 7.03. The molecule has 2 atom stereocenters. The summed E-state index contributed by atoms with van der Waals surface area (Å²) in [4.78, 5) is 15.7. The summed E-state index contributed by atoms with van der Waals surface area (Å²) in [5, 5.41) is 5.24. The lowest BCUT2D eigenvalue weighted by atomic mass is 9.87. The van der Waals surface area contributed by atoms with Gasteiger partial charge in [0.05, 0.1) is 28.7 Å². The van der Waals surface area contributed by atoms with Crippen LogP contribution < -0.4 is 16.6 Å². The summed E-state index contributed by atoms with van der Waals surface area (Å²) >= 11 is 0. The van der Waals surface area contributed by atoms with Gasteiger partial charge in [-0.05, 0) is 43.5 Å². The Morgan fingerprint density at radius 1 is 1.12 bits per heavy atom. The molecule has 0 fully saturated rings. The molecule has 2 aromatic carbocycles. The predicted octanol–water partition coefficient (Wildman–Crippen LogP) is 5.48. The van der Waals surface area contributed by atoms with Crippen LogP contribution in [0.15, 0.2) is 48.3 Å². The van der Waals surface area contributed by atoms with Gasteiger partial charge in [-0.1, -0.05) is 26.0 Å². The number of hydrogen-bond donors (Lipinski definition) is 2. The van der Waals surface area contributed by atoms with E-state index in [2.05, 4.69) is 5.10 Å². The monoisotopic (exact) mass is 566 g/mol. The fraction of sp³-hybridized carbons (Fsp3) is 0.333. The maximum atomic E-state index is 14.1. The number of fused-ring (bicyclic) bond motifs is 1. The predicted molar refractivity (Wildman–Crippen MR) is 137 cm³/mol. The number of hydrazine groups is 1. The number of amides is 1. The lowest BCUT2D eigenvalue weighted by Crippen LogP contribution is -2.47. The Bertz CT molecular complexity index is 1440. The van der Waals surface area contributed by atoms with Crippen LogP contribution in [0, 0.1) is 17.5 Å². The highest BCUT2D eigenvalue weighted by atomic mass is 19.4. The maximum absolute atomic E-state index is 14.1. The Balaban J connectivity index is 1.80. The van der Waals surface area contributed by atoms with E-state index in [1.165, 1.54) is 22.9 Å². The van der Waals surface area contributed by atoms with E-state index < -0.39 is 47.3 Å². The van der Waals surface area contributed by atoms with Gasteiger partial charge in [0.25, 0.3) is 5.91 Å². The molecule has 1 amide bonds. The van der Waals surface area contributed by atoms with Crippen LogP contribution in [0.5, 0.6) is 0 Å². The smallest absolute Gasteiger partial charge is 0.393 e. The molecule has 0 bridgehead atoms. The highest BCUT2D eigenvalue weighted by Crippen LogP contribution is 2.42. The van der Waals surface area contributed by atoms with Crippen molar-refractivity contribution in [2.45, 2.75) is 51.4 Å². The van der Waals surface area contributed by atoms with Crippen molar-refractivity contribution in [3.05, 3.63) is 82.6 Å². The topological polar surface area (TPSA) is 93.4 Å². The number of nitrogens with zero attached hydrogens (tertiary/aromatic N) is 4. The number of para-hydroxylation sites is 1. The number of carbonyl (C=O) groups excluding carboxylic acids is 1. The van der Waals surface area contributed by atoms with E-state index >= 15 is 0 Å². The van der Waals surface area contributed by atoms with Crippen molar-refractivity contribution < 1.29 is 31.1 Å². The Hall–Kier alpha value is -4.00. The first-order valence-corrected chi connectivity index (χ1v) is 12.5. The number of carbonyl (C=O) groups is 1. The second-order valence-corrected chi connectivity index (χ2v) is 9.50. The van der Waals surface area contributed by atoms with Crippen molar-refractivity contribution in [3.8, 4) is 11.3 Å². The van der Waals surface area contributed by atoms with Crippen molar-refractivity contribution in [1.29, 1.82) is 0 Å². The highest BCUT2D eigenvalue weighted by molar-refractivity contribution is 6.00. The van der Waals surface area contributed by atoms with Crippen LogP contribution >= 0.6 is 0 Å². The van der Waals surface area contributed by atoms with Crippen LogP contribution in [0.25, 0.3) is 11.3 Å². The van der Waals surface area contributed by atoms with Crippen LogP contribution in [-0.4, -0.2) is 32.8 Å². The minimum atomic E-state index is -4.81. The van der Waals surface area contributed by atoms with Gasteiger partial charge in [-0.25, -0.2) is 19.0 Å². The molecule has 1 aliphatic rings. The first-order chi connectivity index (χ1) is 18.8. The molecule has 40 heavy (non-hydrogen) atoms. The molecule has 0 aliphatic carbocycles.